The molecule has 0 radical (unpaired) electrons. The lowest BCUT2D eigenvalue weighted by molar-refractivity contribution is 0.173. The minimum atomic E-state index is -0.0395. The first-order chi connectivity index (χ1) is 6.24. The number of hydrogen-bond acceptors (Lipinski definition) is 3. The second kappa shape index (κ2) is 3.09. The maximum Gasteiger partial charge on any atom is 0.231 e. The van der Waals surface area contributed by atoms with E-state index in [4.69, 9.17) is 26.2 Å². The van der Waals surface area contributed by atoms with Crippen molar-refractivity contribution in [1.82, 2.24) is 0 Å². The number of fused-ring (bicyclic) bond motifs is 1. The van der Waals surface area contributed by atoms with Gasteiger partial charge in [0.1, 0.15) is 0 Å². The standard InChI is InChI=1S/C9H9ClO3/c1-5-6(3-11)2-7(10)9-8(5)12-4-13-9/h2,11H,3-4H2,1H3. The monoisotopic (exact) mass is 200 g/mol. The van der Waals surface area contributed by atoms with E-state index < -0.39 is 0 Å². The van der Waals surface area contributed by atoms with Crippen molar-refractivity contribution < 1.29 is 14.6 Å². The summed E-state index contributed by atoms with van der Waals surface area (Å²) in [6.07, 6.45) is 0. The zero-order valence-corrected chi connectivity index (χ0v) is 7.89. The molecule has 1 aliphatic heterocycles. The maximum absolute atomic E-state index is 9.02. The van der Waals surface area contributed by atoms with Crippen LogP contribution in [0.1, 0.15) is 11.1 Å². The lowest BCUT2D eigenvalue weighted by Gasteiger charge is -2.07. The second-order valence-electron chi connectivity index (χ2n) is 2.87. The average molecular weight is 201 g/mol. The Balaban J connectivity index is 2.62. The molecule has 0 aliphatic carbocycles. The van der Waals surface area contributed by atoms with E-state index in [1.807, 2.05) is 6.92 Å². The first-order valence-electron chi connectivity index (χ1n) is 3.92. The van der Waals surface area contributed by atoms with Crippen LogP contribution in [0.2, 0.25) is 5.02 Å². The third-order valence-electron chi connectivity index (χ3n) is 2.12. The molecular weight excluding hydrogens is 192 g/mol. The number of hydrogen-bond donors (Lipinski definition) is 1. The molecule has 0 atom stereocenters. The zero-order chi connectivity index (χ0) is 9.42. The van der Waals surface area contributed by atoms with Gasteiger partial charge < -0.3 is 14.6 Å². The van der Waals surface area contributed by atoms with Crippen LogP contribution in [-0.4, -0.2) is 11.9 Å². The van der Waals surface area contributed by atoms with Crippen molar-refractivity contribution in [2.75, 3.05) is 6.79 Å². The second-order valence-corrected chi connectivity index (χ2v) is 3.27. The molecule has 1 aromatic carbocycles. The summed E-state index contributed by atoms with van der Waals surface area (Å²) in [4.78, 5) is 0. The van der Waals surface area contributed by atoms with Crippen LogP contribution >= 0.6 is 11.6 Å². The Morgan fingerprint density at radius 1 is 1.46 bits per heavy atom. The third kappa shape index (κ3) is 1.24. The fourth-order valence-electron chi connectivity index (χ4n) is 1.37. The van der Waals surface area contributed by atoms with E-state index in [1.165, 1.54) is 0 Å². The third-order valence-corrected chi connectivity index (χ3v) is 2.40. The van der Waals surface area contributed by atoms with Crippen molar-refractivity contribution in [1.29, 1.82) is 0 Å². The van der Waals surface area contributed by atoms with Gasteiger partial charge in [-0.05, 0) is 18.6 Å². The normalized spacial score (nSPS) is 13.5. The van der Waals surface area contributed by atoms with Crippen molar-refractivity contribution >= 4 is 11.6 Å². The minimum Gasteiger partial charge on any atom is -0.453 e. The van der Waals surface area contributed by atoms with Crippen LogP contribution in [0.3, 0.4) is 0 Å². The van der Waals surface area contributed by atoms with Crippen LogP contribution < -0.4 is 9.47 Å². The topological polar surface area (TPSA) is 38.7 Å². The average Bonchev–Trinajstić information content (AvgIpc) is 2.60. The summed E-state index contributed by atoms with van der Waals surface area (Å²) in [6.45, 7) is 2.03. The van der Waals surface area contributed by atoms with Gasteiger partial charge in [0.05, 0.1) is 11.6 Å². The quantitative estimate of drug-likeness (QED) is 0.752. The predicted octanol–water partition coefficient (Wildman–Crippen LogP) is 1.87. The smallest absolute Gasteiger partial charge is 0.231 e. The van der Waals surface area contributed by atoms with Gasteiger partial charge >= 0.3 is 0 Å². The van der Waals surface area contributed by atoms with Crippen molar-refractivity contribution in [3.63, 3.8) is 0 Å². The van der Waals surface area contributed by atoms with Crippen LogP contribution in [0, 0.1) is 6.92 Å². The number of aliphatic hydroxyl groups is 1. The number of rotatable bonds is 1. The summed E-state index contributed by atoms with van der Waals surface area (Å²) in [7, 11) is 0. The molecule has 1 aliphatic rings. The Morgan fingerprint density at radius 3 is 2.85 bits per heavy atom. The first-order valence-corrected chi connectivity index (χ1v) is 4.30. The van der Waals surface area contributed by atoms with Gasteiger partial charge in [-0.1, -0.05) is 11.6 Å². The molecule has 0 amide bonds. The summed E-state index contributed by atoms with van der Waals surface area (Å²) in [6, 6.07) is 1.70. The fourth-order valence-corrected chi connectivity index (χ4v) is 1.64. The lowest BCUT2D eigenvalue weighted by atomic mass is 10.1. The van der Waals surface area contributed by atoms with E-state index in [2.05, 4.69) is 0 Å². The SMILES string of the molecule is Cc1c(CO)cc(Cl)c2c1OCO2. The van der Waals surface area contributed by atoms with Gasteiger partial charge in [-0.3, -0.25) is 0 Å². The maximum atomic E-state index is 9.02. The Bertz CT molecular complexity index is 349. The molecule has 0 fully saturated rings. The van der Waals surface area contributed by atoms with Gasteiger partial charge in [0.15, 0.2) is 11.5 Å². The summed E-state index contributed by atoms with van der Waals surface area (Å²) in [5.41, 5.74) is 1.66. The van der Waals surface area contributed by atoms with E-state index in [9.17, 15) is 0 Å². The van der Waals surface area contributed by atoms with Crippen LogP contribution in [0.5, 0.6) is 11.5 Å². The largest absolute Gasteiger partial charge is 0.453 e. The van der Waals surface area contributed by atoms with Gasteiger partial charge in [-0.25, -0.2) is 0 Å². The molecule has 1 aromatic rings. The number of halogens is 1. The van der Waals surface area contributed by atoms with Crippen molar-refractivity contribution in [3.05, 3.63) is 22.2 Å². The first kappa shape index (κ1) is 8.66. The van der Waals surface area contributed by atoms with Crippen LogP contribution in [0.15, 0.2) is 6.07 Å². The van der Waals surface area contributed by atoms with Gasteiger partial charge in [0, 0.05) is 5.56 Å². The highest BCUT2D eigenvalue weighted by Gasteiger charge is 2.21. The van der Waals surface area contributed by atoms with Crippen LogP contribution in [0.4, 0.5) is 0 Å². The highest BCUT2D eigenvalue weighted by molar-refractivity contribution is 6.32. The molecular formula is C9H9ClO3. The molecule has 0 aromatic heterocycles. The predicted molar refractivity (Wildman–Crippen MR) is 48.2 cm³/mol. The molecule has 13 heavy (non-hydrogen) atoms. The van der Waals surface area contributed by atoms with Gasteiger partial charge in [0.25, 0.3) is 0 Å². The van der Waals surface area contributed by atoms with Crippen LogP contribution in [-0.2, 0) is 6.61 Å². The zero-order valence-electron chi connectivity index (χ0n) is 7.13. The number of benzene rings is 1. The van der Waals surface area contributed by atoms with Gasteiger partial charge in [0.2, 0.25) is 6.79 Å². The highest BCUT2D eigenvalue weighted by Crippen LogP contribution is 2.42. The van der Waals surface area contributed by atoms with E-state index >= 15 is 0 Å². The molecule has 0 saturated carbocycles. The van der Waals surface area contributed by atoms with E-state index in [0.29, 0.717) is 16.5 Å². The number of aliphatic hydroxyl groups excluding tert-OH is 1. The molecule has 1 heterocycles. The van der Waals surface area contributed by atoms with Crippen molar-refractivity contribution in [3.8, 4) is 11.5 Å². The Kier molecular flexibility index (Phi) is 2.06. The molecule has 70 valence electrons. The summed E-state index contributed by atoms with van der Waals surface area (Å²) in [5.74, 6) is 1.23. The lowest BCUT2D eigenvalue weighted by Crippen LogP contribution is -1.94. The Morgan fingerprint density at radius 2 is 2.15 bits per heavy atom. The van der Waals surface area contributed by atoms with Crippen molar-refractivity contribution in [2.24, 2.45) is 0 Å². The Labute approximate surface area is 80.8 Å². The van der Waals surface area contributed by atoms with Gasteiger partial charge in [-0.2, -0.15) is 0 Å². The molecule has 0 saturated heterocycles. The van der Waals surface area contributed by atoms with E-state index in [1.54, 1.807) is 6.07 Å². The summed E-state index contributed by atoms with van der Waals surface area (Å²) < 4.78 is 10.4. The molecule has 4 heteroatoms. The van der Waals surface area contributed by atoms with E-state index in [-0.39, 0.29) is 13.4 Å². The highest BCUT2D eigenvalue weighted by atomic mass is 35.5. The molecule has 0 spiro atoms. The molecule has 2 rings (SSSR count). The molecule has 3 nitrogen and oxygen atoms in total. The summed E-state index contributed by atoms with van der Waals surface area (Å²) in [5, 5.41) is 9.51. The molecule has 0 bridgehead atoms. The molecule has 1 N–H and O–H groups in total. The fraction of sp³-hybridized carbons (Fsp3) is 0.333. The molecule has 0 unspecified atom stereocenters. The number of ether oxygens (including phenoxy) is 2. The Hall–Kier alpha value is -0.930. The van der Waals surface area contributed by atoms with Crippen molar-refractivity contribution in [2.45, 2.75) is 13.5 Å². The summed E-state index contributed by atoms with van der Waals surface area (Å²) >= 11 is 5.91. The van der Waals surface area contributed by atoms with Crippen LogP contribution in [0.25, 0.3) is 0 Å². The minimum absolute atomic E-state index is 0.0395. The van der Waals surface area contributed by atoms with Gasteiger partial charge in [-0.15, -0.1) is 0 Å². The van der Waals surface area contributed by atoms with E-state index in [0.717, 1.165) is 11.1 Å².